The fourth-order valence-corrected chi connectivity index (χ4v) is 0.774. The maximum atomic E-state index is 7.17. The quantitative estimate of drug-likeness (QED) is 0.332. The van der Waals surface area contributed by atoms with Crippen LogP contribution in [0.15, 0.2) is 18.2 Å². The highest BCUT2D eigenvalue weighted by molar-refractivity contribution is 6.30. The van der Waals surface area contributed by atoms with E-state index >= 15 is 0 Å². The zero-order valence-corrected chi connectivity index (χ0v) is 7.73. The van der Waals surface area contributed by atoms with E-state index in [2.05, 4.69) is 13.0 Å². The summed E-state index contributed by atoms with van der Waals surface area (Å²) in [6.07, 6.45) is 0. The molecular formula is C8H14BNO3. The number of rotatable bonds is 0. The molecule has 1 aromatic carbocycles. The first-order chi connectivity index (χ1) is 5.95. The monoisotopic (exact) mass is 183 g/mol. The van der Waals surface area contributed by atoms with Crippen molar-refractivity contribution < 1.29 is 15.1 Å². The Bertz CT molecular complexity index is 243. The number of hydrogen-bond donors (Lipinski definition) is 4. The molecule has 4 nitrogen and oxygen atoms in total. The van der Waals surface area contributed by atoms with Crippen molar-refractivity contribution in [3.8, 4) is 0 Å². The van der Waals surface area contributed by atoms with Crippen LogP contribution in [0.3, 0.4) is 0 Å². The van der Waals surface area contributed by atoms with Gasteiger partial charge in [-0.25, -0.2) is 0 Å². The third-order valence-electron chi connectivity index (χ3n) is 1.65. The van der Waals surface area contributed by atoms with E-state index < -0.39 is 7.32 Å². The maximum Gasteiger partial charge on any atom is 0.631 e. The fraction of sp³-hybridized carbons (Fsp3) is 0.250. The van der Waals surface area contributed by atoms with Gasteiger partial charge >= 0.3 is 7.32 Å². The van der Waals surface area contributed by atoms with Gasteiger partial charge < -0.3 is 20.8 Å². The SMILES string of the molecule is Cc1cccc(N)c1C.OB(O)O. The highest BCUT2D eigenvalue weighted by atomic mass is 16.5. The molecule has 0 spiro atoms. The molecule has 13 heavy (non-hydrogen) atoms. The molecule has 0 bridgehead atoms. The van der Waals surface area contributed by atoms with Gasteiger partial charge in [0.05, 0.1) is 0 Å². The molecule has 0 radical (unpaired) electrons. The lowest BCUT2D eigenvalue weighted by Gasteiger charge is -2.00. The number of nitrogen functional groups attached to an aromatic ring is 1. The molecule has 1 aromatic rings. The number of aryl methyl sites for hydroxylation is 1. The molecule has 0 atom stereocenters. The summed E-state index contributed by atoms with van der Waals surface area (Å²) in [5.41, 5.74) is 8.96. The Hall–Kier alpha value is -1.04. The average molecular weight is 183 g/mol. The molecule has 72 valence electrons. The summed E-state index contributed by atoms with van der Waals surface area (Å²) in [6.45, 7) is 4.09. The Balaban J connectivity index is 0.000000310. The van der Waals surface area contributed by atoms with Gasteiger partial charge in [0, 0.05) is 5.69 Å². The number of nitrogens with two attached hydrogens (primary N) is 1. The van der Waals surface area contributed by atoms with Crippen LogP contribution in [0, 0.1) is 13.8 Å². The molecule has 0 amide bonds. The summed E-state index contributed by atoms with van der Waals surface area (Å²) in [5, 5.41) is 21.5. The second-order valence-electron chi connectivity index (χ2n) is 2.64. The lowest BCUT2D eigenvalue weighted by molar-refractivity contribution is 0.278. The van der Waals surface area contributed by atoms with E-state index in [0.29, 0.717) is 0 Å². The lowest BCUT2D eigenvalue weighted by Crippen LogP contribution is -2.07. The van der Waals surface area contributed by atoms with Crippen molar-refractivity contribution in [2.45, 2.75) is 13.8 Å². The summed E-state index contributed by atoms with van der Waals surface area (Å²) in [7, 11) is -2.17. The zero-order chi connectivity index (χ0) is 10.4. The third kappa shape index (κ3) is 5.24. The predicted molar refractivity (Wildman–Crippen MR) is 52.7 cm³/mol. The van der Waals surface area contributed by atoms with Crippen molar-refractivity contribution in [1.82, 2.24) is 0 Å². The van der Waals surface area contributed by atoms with Crippen LogP contribution in [0.5, 0.6) is 0 Å². The topological polar surface area (TPSA) is 86.7 Å². The van der Waals surface area contributed by atoms with Gasteiger partial charge in [-0.05, 0) is 31.0 Å². The number of anilines is 1. The Morgan fingerprint density at radius 3 is 1.92 bits per heavy atom. The highest BCUT2D eigenvalue weighted by Crippen LogP contribution is 2.13. The van der Waals surface area contributed by atoms with E-state index in [4.69, 9.17) is 20.8 Å². The molecular weight excluding hydrogens is 169 g/mol. The molecule has 0 aliphatic rings. The van der Waals surface area contributed by atoms with Crippen LogP contribution in [0.4, 0.5) is 5.69 Å². The van der Waals surface area contributed by atoms with Gasteiger partial charge in [0.15, 0.2) is 0 Å². The summed E-state index contributed by atoms with van der Waals surface area (Å²) in [4.78, 5) is 0. The summed E-state index contributed by atoms with van der Waals surface area (Å²) < 4.78 is 0. The Morgan fingerprint density at radius 2 is 1.62 bits per heavy atom. The molecule has 0 saturated carbocycles. The molecule has 1 rings (SSSR count). The molecule has 0 aliphatic carbocycles. The third-order valence-corrected chi connectivity index (χ3v) is 1.65. The number of hydrogen-bond acceptors (Lipinski definition) is 4. The minimum Gasteiger partial charge on any atom is -0.402 e. The largest absolute Gasteiger partial charge is 0.631 e. The Labute approximate surface area is 77.8 Å². The molecule has 0 saturated heterocycles. The van der Waals surface area contributed by atoms with Crippen molar-refractivity contribution in [2.75, 3.05) is 5.73 Å². The van der Waals surface area contributed by atoms with E-state index in [1.165, 1.54) is 11.1 Å². The first kappa shape index (κ1) is 12.0. The van der Waals surface area contributed by atoms with Crippen LogP contribution >= 0.6 is 0 Å². The maximum absolute atomic E-state index is 7.17. The normalized spacial score (nSPS) is 8.69. The van der Waals surface area contributed by atoms with Gasteiger partial charge in [0.2, 0.25) is 0 Å². The van der Waals surface area contributed by atoms with Crippen molar-refractivity contribution in [1.29, 1.82) is 0 Å². The number of benzene rings is 1. The average Bonchev–Trinajstić information content (AvgIpc) is 1.99. The van der Waals surface area contributed by atoms with E-state index in [0.717, 1.165) is 5.69 Å². The Morgan fingerprint density at radius 1 is 1.15 bits per heavy atom. The molecule has 0 aromatic heterocycles. The van der Waals surface area contributed by atoms with E-state index in [1.54, 1.807) is 0 Å². The van der Waals surface area contributed by atoms with Crippen LogP contribution in [0.1, 0.15) is 11.1 Å². The second kappa shape index (κ2) is 5.58. The fourth-order valence-electron chi connectivity index (χ4n) is 0.774. The minimum atomic E-state index is -2.17. The summed E-state index contributed by atoms with van der Waals surface area (Å²) in [5.74, 6) is 0. The molecule has 5 N–H and O–H groups in total. The molecule has 0 heterocycles. The summed E-state index contributed by atoms with van der Waals surface area (Å²) in [6, 6.07) is 5.95. The van der Waals surface area contributed by atoms with E-state index in [-0.39, 0.29) is 0 Å². The van der Waals surface area contributed by atoms with Crippen LogP contribution in [0.25, 0.3) is 0 Å². The molecule has 0 aliphatic heterocycles. The minimum absolute atomic E-state index is 0.884. The van der Waals surface area contributed by atoms with Crippen molar-refractivity contribution in [3.63, 3.8) is 0 Å². The van der Waals surface area contributed by atoms with E-state index in [9.17, 15) is 0 Å². The van der Waals surface area contributed by atoms with Crippen LogP contribution in [0.2, 0.25) is 0 Å². The standard InChI is InChI=1S/C8H11N.BH3O3/c1-6-4-3-5-8(9)7(6)2;2-1(3)4/h3-5H,9H2,1-2H3;2-4H. The van der Waals surface area contributed by atoms with Gasteiger partial charge in [-0.1, -0.05) is 12.1 Å². The smallest absolute Gasteiger partial charge is 0.402 e. The van der Waals surface area contributed by atoms with Gasteiger partial charge in [-0.2, -0.15) is 0 Å². The summed E-state index contributed by atoms with van der Waals surface area (Å²) >= 11 is 0. The van der Waals surface area contributed by atoms with Gasteiger partial charge in [0.1, 0.15) is 0 Å². The van der Waals surface area contributed by atoms with Crippen LogP contribution in [-0.2, 0) is 0 Å². The molecule has 0 unspecified atom stereocenters. The molecule has 0 fully saturated rings. The van der Waals surface area contributed by atoms with Crippen molar-refractivity contribution in [3.05, 3.63) is 29.3 Å². The Kier molecular flexibility index (Phi) is 5.14. The van der Waals surface area contributed by atoms with Crippen molar-refractivity contribution >= 4 is 13.0 Å². The van der Waals surface area contributed by atoms with Crippen LogP contribution in [-0.4, -0.2) is 22.4 Å². The lowest BCUT2D eigenvalue weighted by atomic mass is 10.1. The second-order valence-corrected chi connectivity index (χ2v) is 2.64. The van der Waals surface area contributed by atoms with Gasteiger partial charge in [-0.15, -0.1) is 0 Å². The van der Waals surface area contributed by atoms with Gasteiger partial charge in [-0.3, -0.25) is 0 Å². The first-order valence-electron chi connectivity index (χ1n) is 3.81. The van der Waals surface area contributed by atoms with Crippen molar-refractivity contribution in [2.24, 2.45) is 0 Å². The van der Waals surface area contributed by atoms with Gasteiger partial charge in [0.25, 0.3) is 0 Å². The highest BCUT2D eigenvalue weighted by Gasteiger charge is 1.93. The van der Waals surface area contributed by atoms with E-state index in [1.807, 2.05) is 19.1 Å². The first-order valence-corrected chi connectivity index (χ1v) is 3.81. The van der Waals surface area contributed by atoms with Crippen LogP contribution < -0.4 is 5.73 Å². The molecule has 5 heteroatoms. The predicted octanol–water partition coefficient (Wildman–Crippen LogP) is -0.166. The zero-order valence-electron chi connectivity index (χ0n) is 7.73.